The Morgan fingerprint density at radius 1 is 1.45 bits per heavy atom. The highest BCUT2D eigenvalue weighted by Crippen LogP contribution is 2.28. The van der Waals surface area contributed by atoms with Crippen molar-refractivity contribution in [1.29, 1.82) is 0 Å². The fraction of sp³-hybridized carbons (Fsp3) is 0.750. The monoisotopic (exact) mass is 308 g/mol. The van der Waals surface area contributed by atoms with Gasteiger partial charge in [0.15, 0.2) is 0 Å². The van der Waals surface area contributed by atoms with E-state index in [0.717, 1.165) is 12.8 Å². The van der Waals surface area contributed by atoms with E-state index >= 15 is 0 Å². The fourth-order valence-electron chi connectivity index (χ4n) is 3.22. The van der Waals surface area contributed by atoms with Gasteiger partial charge in [-0.25, -0.2) is 4.79 Å². The Morgan fingerprint density at radius 3 is 2.64 bits per heavy atom. The van der Waals surface area contributed by atoms with Crippen molar-refractivity contribution in [3.8, 4) is 0 Å². The lowest BCUT2D eigenvalue weighted by molar-refractivity contribution is 0.0588. The topological polar surface area (TPSA) is 79.2 Å². The van der Waals surface area contributed by atoms with Crippen LogP contribution in [0, 0.1) is 11.8 Å². The van der Waals surface area contributed by atoms with Crippen molar-refractivity contribution in [2.75, 3.05) is 6.54 Å². The average Bonchev–Trinajstić information content (AvgIpc) is 2.88. The number of rotatable bonds is 4. The number of aliphatic hydroxyl groups is 1. The maximum absolute atomic E-state index is 12.1. The number of carbonyl (C=O) groups excluding carboxylic acids is 1. The maximum atomic E-state index is 12.1. The maximum Gasteiger partial charge on any atom is 0.315 e. The molecule has 4 atom stereocenters. The summed E-state index contributed by atoms with van der Waals surface area (Å²) in [7, 11) is 1.80. The molecule has 1 aliphatic carbocycles. The first-order chi connectivity index (χ1) is 10.3. The van der Waals surface area contributed by atoms with Crippen LogP contribution in [-0.2, 0) is 12.6 Å². The standard InChI is InChI=1S/C16H28N4O2/c1-11-6-5-7-12(2)14(11)19-15(21)17-10-16(3,22)13-8-18-20(4)9-13/h8-9,11-12,14,22H,5-7,10H2,1-4H3,(H2,17,19,21)/t11-,12+,14?,16-/m0/s1. The number of aromatic nitrogens is 2. The second-order valence-electron chi connectivity index (χ2n) is 6.91. The summed E-state index contributed by atoms with van der Waals surface area (Å²) in [5, 5.41) is 20.4. The highest BCUT2D eigenvalue weighted by Gasteiger charge is 2.30. The lowest BCUT2D eigenvalue weighted by atomic mass is 9.79. The molecule has 1 heterocycles. The first-order valence-corrected chi connectivity index (χ1v) is 8.05. The molecule has 1 aromatic heterocycles. The van der Waals surface area contributed by atoms with Crippen LogP contribution in [0.5, 0.6) is 0 Å². The van der Waals surface area contributed by atoms with Crippen LogP contribution < -0.4 is 10.6 Å². The number of carbonyl (C=O) groups is 1. The lowest BCUT2D eigenvalue weighted by Gasteiger charge is -2.35. The minimum atomic E-state index is -1.13. The number of amides is 2. The summed E-state index contributed by atoms with van der Waals surface area (Å²) >= 11 is 0. The van der Waals surface area contributed by atoms with Gasteiger partial charge in [-0.2, -0.15) is 5.10 Å². The molecule has 124 valence electrons. The Morgan fingerprint density at radius 2 is 2.09 bits per heavy atom. The van der Waals surface area contributed by atoms with Gasteiger partial charge in [-0.1, -0.05) is 20.3 Å². The Balaban J connectivity index is 1.87. The lowest BCUT2D eigenvalue weighted by Crippen LogP contribution is -2.51. The Hall–Kier alpha value is -1.56. The smallest absolute Gasteiger partial charge is 0.315 e. The van der Waals surface area contributed by atoms with E-state index in [1.54, 1.807) is 31.0 Å². The van der Waals surface area contributed by atoms with Crippen molar-refractivity contribution in [2.45, 2.75) is 51.7 Å². The molecule has 2 rings (SSSR count). The molecule has 1 aliphatic rings. The van der Waals surface area contributed by atoms with Crippen LogP contribution in [0.1, 0.15) is 45.6 Å². The van der Waals surface area contributed by atoms with Crippen molar-refractivity contribution in [3.63, 3.8) is 0 Å². The molecular weight excluding hydrogens is 280 g/mol. The van der Waals surface area contributed by atoms with Gasteiger partial charge in [-0.15, -0.1) is 0 Å². The molecule has 6 nitrogen and oxygen atoms in total. The van der Waals surface area contributed by atoms with Gasteiger partial charge in [0.25, 0.3) is 0 Å². The molecule has 2 amide bonds. The summed E-state index contributed by atoms with van der Waals surface area (Å²) in [5.41, 5.74) is -0.440. The summed E-state index contributed by atoms with van der Waals surface area (Å²) in [6.45, 7) is 6.20. The van der Waals surface area contributed by atoms with Crippen molar-refractivity contribution in [2.24, 2.45) is 18.9 Å². The van der Waals surface area contributed by atoms with E-state index in [9.17, 15) is 9.90 Å². The Kier molecular flexibility index (Phi) is 5.11. The SMILES string of the molecule is C[C@@H]1CCC[C@H](C)C1NC(=O)NC[C@](C)(O)c1cnn(C)c1. The molecule has 1 saturated carbocycles. The van der Waals surface area contributed by atoms with Crippen LogP contribution >= 0.6 is 0 Å². The molecular formula is C16H28N4O2. The largest absolute Gasteiger partial charge is 0.383 e. The molecule has 1 aromatic rings. The fourth-order valence-corrected chi connectivity index (χ4v) is 3.22. The summed E-state index contributed by atoms with van der Waals surface area (Å²) in [5.74, 6) is 0.988. The molecule has 3 N–H and O–H groups in total. The van der Waals surface area contributed by atoms with Crippen LogP contribution in [-0.4, -0.2) is 33.5 Å². The molecule has 0 saturated heterocycles. The second-order valence-corrected chi connectivity index (χ2v) is 6.91. The third-order valence-electron chi connectivity index (χ3n) is 4.76. The van der Waals surface area contributed by atoms with Gasteiger partial charge >= 0.3 is 6.03 Å². The predicted octanol–water partition coefficient (Wildman–Crippen LogP) is 1.75. The van der Waals surface area contributed by atoms with E-state index < -0.39 is 5.60 Å². The molecule has 22 heavy (non-hydrogen) atoms. The number of aryl methyl sites for hydroxylation is 1. The van der Waals surface area contributed by atoms with Crippen molar-refractivity contribution in [3.05, 3.63) is 18.0 Å². The van der Waals surface area contributed by atoms with Gasteiger partial charge in [0.2, 0.25) is 0 Å². The van der Waals surface area contributed by atoms with Crippen LogP contribution in [0.15, 0.2) is 12.4 Å². The molecule has 0 spiro atoms. The number of nitrogens with zero attached hydrogens (tertiary/aromatic N) is 2. The van der Waals surface area contributed by atoms with E-state index in [-0.39, 0.29) is 18.6 Å². The summed E-state index contributed by atoms with van der Waals surface area (Å²) in [6, 6.07) is -0.00754. The van der Waals surface area contributed by atoms with E-state index in [4.69, 9.17) is 0 Å². The number of urea groups is 1. The number of nitrogens with one attached hydrogen (secondary N) is 2. The first-order valence-electron chi connectivity index (χ1n) is 8.05. The van der Waals surface area contributed by atoms with Gasteiger partial charge in [0.1, 0.15) is 5.60 Å². The third-order valence-corrected chi connectivity index (χ3v) is 4.76. The number of hydrogen-bond acceptors (Lipinski definition) is 3. The van der Waals surface area contributed by atoms with Crippen LogP contribution in [0.3, 0.4) is 0 Å². The van der Waals surface area contributed by atoms with Crippen molar-refractivity contribution >= 4 is 6.03 Å². The average molecular weight is 308 g/mol. The van der Waals surface area contributed by atoms with Gasteiger partial charge < -0.3 is 15.7 Å². The molecule has 0 radical (unpaired) electrons. The van der Waals surface area contributed by atoms with E-state index in [1.807, 2.05) is 0 Å². The minimum Gasteiger partial charge on any atom is -0.383 e. The van der Waals surface area contributed by atoms with Gasteiger partial charge in [0.05, 0.1) is 12.7 Å². The van der Waals surface area contributed by atoms with Crippen molar-refractivity contribution < 1.29 is 9.90 Å². The summed E-state index contributed by atoms with van der Waals surface area (Å²) in [4.78, 5) is 12.1. The van der Waals surface area contributed by atoms with Gasteiger partial charge in [-0.3, -0.25) is 4.68 Å². The molecule has 0 aromatic carbocycles. The highest BCUT2D eigenvalue weighted by atomic mass is 16.3. The Bertz CT molecular complexity index is 502. The first kappa shape index (κ1) is 16.8. The number of hydrogen-bond donors (Lipinski definition) is 3. The van der Waals surface area contributed by atoms with Gasteiger partial charge in [0, 0.05) is 24.8 Å². The molecule has 0 aliphatic heterocycles. The van der Waals surface area contributed by atoms with E-state index in [2.05, 4.69) is 29.6 Å². The van der Waals surface area contributed by atoms with Gasteiger partial charge in [-0.05, 0) is 31.6 Å². The predicted molar refractivity (Wildman–Crippen MR) is 85.3 cm³/mol. The summed E-state index contributed by atoms with van der Waals surface area (Å²) < 4.78 is 1.63. The molecule has 0 bridgehead atoms. The third kappa shape index (κ3) is 4.00. The Labute approximate surface area is 132 Å². The quantitative estimate of drug-likeness (QED) is 0.793. The molecule has 1 unspecified atom stereocenters. The minimum absolute atomic E-state index is 0.153. The van der Waals surface area contributed by atoms with Crippen LogP contribution in [0.2, 0.25) is 0 Å². The van der Waals surface area contributed by atoms with E-state index in [1.165, 1.54) is 6.42 Å². The second kappa shape index (κ2) is 6.69. The zero-order valence-electron chi connectivity index (χ0n) is 14.0. The van der Waals surface area contributed by atoms with Crippen LogP contribution in [0.25, 0.3) is 0 Å². The zero-order chi connectivity index (χ0) is 16.3. The summed E-state index contributed by atoms with van der Waals surface area (Å²) in [6.07, 6.45) is 6.92. The highest BCUT2D eigenvalue weighted by molar-refractivity contribution is 5.74. The normalized spacial score (nSPS) is 28.0. The van der Waals surface area contributed by atoms with Crippen molar-refractivity contribution in [1.82, 2.24) is 20.4 Å². The van der Waals surface area contributed by atoms with Crippen LogP contribution in [0.4, 0.5) is 4.79 Å². The zero-order valence-corrected chi connectivity index (χ0v) is 14.0. The molecule has 1 fully saturated rings. The molecule has 6 heteroatoms. The van der Waals surface area contributed by atoms with E-state index in [0.29, 0.717) is 17.4 Å².